The van der Waals surface area contributed by atoms with Crippen LogP contribution in [0.1, 0.15) is 33.2 Å². The van der Waals surface area contributed by atoms with Gasteiger partial charge in [-0.3, -0.25) is 14.4 Å². The van der Waals surface area contributed by atoms with E-state index < -0.39 is 11.8 Å². The Labute approximate surface area is 172 Å². The maximum Gasteiger partial charge on any atom is 0.308 e. The van der Waals surface area contributed by atoms with E-state index in [4.69, 9.17) is 4.74 Å². The van der Waals surface area contributed by atoms with Gasteiger partial charge in [0.15, 0.2) is 0 Å². The second kappa shape index (κ2) is 9.47. The van der Waals surface area contributed by atoms with Crippen molar-refractivity contribution in [2.24, 2.45) is 0 Å². The molecule has 152 valence electrons. The number of carbonyl (C=O) groups excluding carboxylic acids is 3. The van der Waals surface area contributed by atoms with E-state index >= 15 is 0 Å². The second-order valence-electron chi connectivity index (χ2n) is 6.46. The van der Waals surface area contributed by atoms with Crippen molar-refractivity contribution in [1.29, 1.82) is 0 Å². The Morgan fingerprint density at radius 2 is 1.57 bits per heavy atom. The number of nitrogens with one attached hydrogen (secondary N) is 2. The Bertz CT molecular complexity index is 1060. The number of hydrogen-bond acceptors (Lipinski definition) is 4. The van der Waals surface area contributed by atoms with E-state index in [0.29, 0.717) is 22.6 Å². The molecule has 0 fully saturated rings. The number of anilines is 1. The summed E-state index contributed by atoms with van der Waals surface area (Å²) in [6.07, 6.45) is 0. The minimum atomic E-state index is -0.459. The molecular formula is C23H19FN2O4. The molecule has 3 aromatic carbocycles. The van der Waals surface area contributed by atoms with Crippen molar-refractivity contribution in [1.82, 2.24) is 5.32 Å². The number of rotatable bonds is 6. The minimum absolute atomic E-state index is 0.281. The molecule has 0 unspecified atom stereocenters. The zero-order valence-corrected chi connectivity index (χ0v) is 16.1. The molecule has 0 aliphatic rings. The van der Waals surface area contributed by atoms with Crippen molar-refractivity contribution in [3.8, 4) is 5.75 Å². The van der Waals surface area contributed by atoms with Crippen LogP contribution in [0.4, 0.5) is 10.1 Å². The number of hydrogen-bond donors (Lipinski definition) is 2. The summed E-state index contributed by atoms with van der Waals surface area (Å²) in [5.74, 6) is -1.21. The standard InChI is InChI=1S/C23H19FN2O4/c1-15(27)30-21-4-2-3-18(13-21)22(28)25-14-16-5-11-20(12-6-16)26-23(29)17-7-9-19(24)10-8-17/h2-13H,14H2,1H3,(H,25,28)(H,26,29). The summed E-state index contributed by atoms with van der Waals surface area (Å²) < 4.78 is 17.9. The summed E-state index contributed by atoms with van der Waals surface area (Å²) in [5.41, 5.74) is 2.13. The Hall–Kier alpha value is -4.00. The molecule has 0 saturated heterocycles. The van der Waals surface area contributed by atoms with Crippen LogP contribution in [0.5, 0.6) is 5.75 Å². The summed E-state index contributed by atoms with van der Waals surface area (Å²) in [6, 6.07) is 18.6. The number of carbonyl (C=O) groups is 3. The van der Waals surface area contributed by atoms with Gasteiger partial charge < -0.3 is 15.4 Å². The fourth-order valence-corrected chi connectivity index (χ4v) is 2.66. The quantitative estimate of drug-likeness (QED) is 0.480. The van der Waals surface area contributed by atoms with Gasteiger partial charge in [-0.15, -0.1) is 0 Å². The van der Waals surface area contributed by atoms with Crippen molar-refractivity contribution in [3.63, 3.8) is 0 Å². The Balaban J connectivity index is 1.55. The third-order valence-electron chi connectivity index (χ3n) is 4.13. The first-order valence-corrected chi connectivity index (χ1v) is 9.13. The number of benzene rings is 3. The van der Waals surface area contributed by atoms with Gasteiger partial charge in [0.2, 0.25) is 0 Å². The van der Waals surface area contributed by atoms with Gasteiger partial charge in [0.05, 0.1) is 0 Å². The third-order valence-corrected chi connectivity index (χ3v) is 4.13. The maximum absolute atomic E-state index is 12.9. The van der Waals surface area contributed by atoms with Gasteiger partial charge in [-0.1, -0.05) is 18.2 Å². The van der Waals surface area contributed by atoms with Gasteiger partial charge in [-0.25, -0.2) is 4.39 Å². The largest absolute Gasteiger partial charge is 0.427 e. The molecule has 30 heavy (non-hydrogen) atoms. The predicted molar refractivity (Wildman–Crippen MR) is 110 cm³/mol. The van der Waals surface area contributed by atoms with Gasteiger partial charge in [-0.05, 0) is 60.2 Å². The lowest BCUT2D eigenvalue weighted by Crippen LogP contribution is -2.22. The number of ether oxygens (including phenoxy) is 1. The third kappa shape index (κ3) is 5.75. The van der Waals surface area contributed by atoms with E-state index in [0.717, 1.165) is 5.56 Å². The Morgan fingerprint density at radius 1 is 0.867 bits per heavy atom. The fourth-order valence-electron chi connectivity index (χ4n) is 2.66. The molecule has 0 heterocycles. The summed E-state index contributed by atoms with van der Waals surface area (Å²) in [5, 5.41) is 5.51. The van der Waals surface area contributed by atoms with Crippen LogP contribution >= 0.6 is 0 Å². The van der Waals surface area contributed by atoms with Gasteiger partial charge in [-0.2, -0.15) is 0 Å². The highest BCUT2D eigenvalue weighted by atomic mass is 19.1. The Morgan fingerprint density at radius 3 is 2.23 bits per heavy atom. The molecule has 0 aliphatic heterocycles. The molecule has 0 bridgehead atoms. The van der Waals surface area contributed by atoms with Crippen LogP contribution < -0.4 is 15.4 Å². The molecule has 0 aliphatic carbocycles. The molecule has 7 heteroatoms. The topological polar surface area (TPSA) is 84.5 Å². The number of amides is 2. The lowest BCUT2D eigenvalue weighted by atomic mass is 10.1. The van der Waals surface area contributed by atoms with Gasteiger partial charge in [0.25, 0.3) is 11.8 Å². The SMILES string of the molecule is CC(=O)Oc1cccc(C(=O)NCc2ccc(NC(=O)c3ccc(F)cc3)cc2)c1. The molecule has 3 aromatic rings. The van der Waals surface area contributed by atoms with E-state index in [1.54, 1.807) is 42.5 Å². The van der Waals surface area contributed by atoms with Crippen LogP contribution in [-0.4, -0.2) is 17.8 Å². The summed E-state index contributed by atoms with van der Waals surface area (Å²) in [7, 11) is 0. The van der Waals surface area contributed by atoms with E-state index in [-0.39, 0.29) is 18.4 Å². The predicted octanol–water partition coefficient (Wildman–Crippen LogP) is 3.93. The smallest absolute Gasteiger partial charge is 0.308 e. The fraction of sp³-hybridized carbons (Fsp3) is 0.0870. The zero-order valence-electron chi connectivity index (χ0n) is 16.1. The van der Waals surface area contributed by atoms with Crippen LogP contribution in [0.2, 0.25) is 0 Å². The normalized spacial score (nSPS) is 10.2. The minimum Gasteiger partial charge on any atom is -0.427 e. The van der Waals surface area contributed by atoms with Crippen LogP contribution in [0, 0.1) is 5.82 Å². The molecule has 0 atom stereocenters. The molecule has 6 nitrogen and oxygen atoms in total. The molecule has 3 rings (SSSR count). The zero-order chi connectivity index (χ0) is 21.5. The van der Waals surface area contributed by atoms with E-state index in [9.17, 15) is 18.8 Å². The van der Waals surface area contributed by atoms with E-state index in [2.05, 4.69) is 10.6 Å². The van der Waals surface area contributed by atoms with Gasteiger partial charge >= 0.3 is 5.97 Å². The molecule has 0 aromatic heterocycles. The molecule has 2 N–H and O–H groups in total. The second-order valence-corrected chi connectivity index (χ2v) is 6.46. The summed E-state index contributed by atoms with van der Waals surface area (Å²) in [4.78, 5) is 35.5. The molecule has 0 spiro atoms. The first-order chi connectivity index (χ1) is 14.4. The summed E-state index contributed by atoms with van der Waals surface area (Å²) >= 11 is 0. The van der Waals surface area contributed by atoms with Gasteiger partial charge in [0, 0.05) is 30.3 Å². The van der Waals surface area contributed by atoms with Crippen LogP contribution in [0.25, 0.3) is 0 Å². The van der Waals surface area contributed by atoms with Crippen molar-refractivity contribution in [3.05, 3.63) is 95.3 Å². The lowest BCUT2D eigenvalue weighted by Gasteiger charge is -2.09. The number of halogens is 1. The molecule has 2 amide bonds. The number of esters is 1. The van der Waals surface area contributed by atoms with Crippen molar-refractivity contribution in [2.45, 2.75) is 13.5 Å². The van der Waals surface area contributed by atoms with E-state index in [1.807, 2.05) is 0 Å². The first kappa shape index (κ1) is 20.7. The molecule has 0 saturated carbocycles. The van der Waals surface area contributed by atoms with Crippen LogP contribution in [-0.2, 0) is 11.3 Å². The Kier molecular flexibility index (Phi) is 6.54. The maximum atomic E-state index is 12.9. The van der Waals surface area contributed by atoms with Crippen LogP contribution in [0.3, 0.4) is 0 Å². The summed E-state index contributed by atoms with van der Waals surface area (Å²) in [6.45, 7) is 1.57. The molecule has 0 radical (unpaired) electrons. The molecular weight excluding hydrogens is 387 g/mol. The average molecular weight is 406 g/mol. The van der Waals surface area contributed by atoms with Crippen LogP contribution in [0.15, 0.2) is 72.8 Å². The highest BCUT2D eigenvalue weighted by Crippen LogP contribution is 2.15. The first-order valence-electron chi connectivity index (χ1n) is 9.13. The van der Waals surface area contributed by atoms with E-state index in [1.165, 1.54) is 37.3 Å². The highest BCUT2D eigenvalue weighted by molar-refractivity contribution is 6.04. The lowest BCUT2D eigenvalue weighted by molar-refractivity contribution is -0.131. The van der Waals surface area contributed by atoms with Crippen molar-refractivity contribution in [2.75, 3.05) is 5.32 Å². The highest BCUT2D eigenvalue weighted by Gasteiger charge is 2.09. The monoisotopic (exact) mass is 406 g/mol. The van der Waals surface area contributed by atoms with Gasteiger partial charge in [0.1, 0.15) is 11.6 Å². The van der Waals surface area contributed by atoms with Crippen molar-refractivity contribution < 1.29 is 23.5 Å². The average Bonchev–Trinajstić information content (AvgIpc) is 2.73. The van der Waals surface area contributed by atoms with Crippen molar-refractivity contribution >= 4 is 23.5 Å².